The Morgan fingerprint density at radius 2 is 1.46 bits per heavy atom. The van der Waals surface area contributed by atoms with Crippen LogP contribution in [0.5, 0.6) is 5.75 Å². The van der Waals surface area contributed by atoms with E-state index in [0.717, 1.165) is 11.1 Å². The highest BCUT2D eigenvalue weighted by atomic mass is 16.6. The molecule has 4 aromatic rings. The average molecular weight is 527 g/mol. The van der Waals surface area contributed by atoms with Crippen LogP contribution in [0.1, 0.15) is 31.1 Å². The Morgan fingerprint density at radius 1 is 0.821 bits per heavy atom. The Labute approximate surface area is 226 Å². The Morgan fingerprint density at radius 3 is 2.10 bits per heavy atom. The molecular formula is C31H30N2O6. The summed E-state index contributed by atoms with van der Waals surface area (Å²) in [5.74, 6) is 0.126. The zero-order valence-corrected chi connectivity index (χ0v) is 22.1. The van der Waals surface area contributed by atoms with E-state index in [2.05, 4.69) is 0 Å². The van der Waals surface area contributed by atoms with Crippen LogP contribution in [0.15, 0.2) is 82.0 Å². The predicted octanol–water partition coefficient (Wildman–Crippen LogP) is 5.53. The van der Waals surface area contributed by atoms with Gasteiger partial charge in [0.05, 0.1) is 0 Å². The van der Waals surface area contributed by atoms with Crippen molar-refractivity contribution in [2.24, 2.45) is 0 Å². The molecule has 1 saturated heterocycles. The molecular weight excluding hydrogens is 496 g/mol. The minimum atomic E-state index is -0.566. The normalized spacial score (nSPS) is 13.9. The summed E-state index contributed by atoms with van der Waals surface area (Å²) in [4.78, 5) is 41.5. The van der Waals surface area contributed by atoms with E-state index in [1.807, 2.05) is 51.1 Å². The molecule has 5 rings (SSSR count). The standard InChI is InChI=1S/C31H30N2O6/c1-31(2,3)39-30(37)33-15-13-32(14-16-33)29(36)22-11-9-20(10-12-22)23-17-24(34)28-25(35)19-26(38-27(28)18-23)21-7-5-4-6-8-21/h4-12,17-19,34H,13-16H2,1-3H3. The second-order valence-corrected chi connectivity index (χ2v) is 10.5. The molecule has 1 aromatic heterocycles. The van der Waals surface area contributed by atoms with Crippen LogP contribution < -0.4 is 5.43 Å². The van der Waals surface area contributed by atoms with Crippen LogP contribution >= 0.6 is 0 Å². The van der Waals surface area contributed by atoms with E-state index >= 15 is 0 Å². The number of carbonyl (C=O) groups excluding carboxylic acids is 2. The van der Waals surface area contributed by atoms with Crippen molar-refractivity contribution in [2.45, 2.75) is 26.4 Å². The molecule has 200 valence electrons. The number of fused-ring (bicyclic) bond motifs is 1. The Balaban J connectivity index is 1.33. The van der Waals surface area contributed by atoms with Gasteiger partial charge in [-0.1, -0.05) is 42.5 Å². The van der Waals surface area contributed by atoms with Gasteiger partial charge in [-0.05, 0) is 56.2 Å². The second-order valence-electron chi connectivity index (χ2n) is 10.5. The molecule has 0 saturated carbocycles. The summed E-state index contributed by atoms with van der Waals surface area (Å²) in [6, 6.07) is 21.0. The first kappa shape index (κ1) is 26.0. The van der Waals surface area contributed by atoms with Gasteiger partial charge in [-0.15, -0.1) is 0 Å². The predicted molar refractivity (Wildman–Crippen MR) is 149 cm³/mol. The van der Waals surface area contributed by atoms with Gasteiger partial charge < -0.3 is 24.1 Å². The van der Waals surface area contributed by atoms with Crippen molar-refractivity contribution >= 4 is 23.0 Å². The van der Waals surface area contributed by atoms with E-state index in [9.17, 15) is 19.5 Å². The topological polar surface area (TPSA) is 100 Å². The van der Waals surface area contributed by atoms with E-state index in [1.165, 1.54) is 12.1 Å². The fourth-order valence-electron chi connectivity index (χ4n) is 4.59. The third-order valence-corrected chi connectivity index (χ3v) is 6.55. The van der Waals surface area contributed by atoms with Crippen molar-refractivity contribution < 1.29 is 23.8 Å². The van der Waals surface area contributed by atoms with Crippen molar-refractivity contribution in [1.82, 2.24) is 9.80 Å². The fraction of sp³-hybridized carbons (Fsp3) is 0.258. The van der Waals surface area contributed by atoms with Gasteiger partial charge in [-0.2, -0.15) is 0 Å². The monoisotopic (exact) mass is 526 g/mol. The number of phenolic OH excluding ortho intramolecular Hbond substituents is 1. The van der Waals surface area contributed by atoms with E-state index in [0.29, 0.717) is 43.1 Å². The smallest absolute Gasteiger partial charge is 0.410 e. The maximum Gasteiger partial charge on any atom is 0.410 e. The van der Waals surface area contributed by atoms with Gasteiger partial charge in [-0.3, -0.25) is 9.59 Å². The summed E-state index contributed by atoms with van der Waals surface area (Å²) >= 11 is 0. The van der Waals surface area contributed by atoms with Crippen molar-refractivity contribution in [1.29, 1.82) is 0 Å². The fourth-order valence-corrected chi connectivity index (χ4v) is 4.59. The lowest BCUT2D eigenvalue weighted by Crippen LogP contribution is -2.51. The summed E-state index contributed by atoms with van der Waals surface area (Å²) in [5, 5.41) is 10.8. The summed E-state index contributed by atoms with van der Waals surface area (Å²) in [7, 11) is 0. The second kappa shape index (κ2) is 10.3. The first-order chi connectivity index (χ1) is 18.6. The number of hydrogen-bond donors (Lipinski definition) is 1. The zero-order valence-electron chi connectivity index (χ0n) is 22.1. The van der Waals surface area contributed by atoms with E-state index in [-0.39, 0.29) is 34.1 Å². The van der Waals surface area contributed by atoms with Crippen molar-refractivity contribution in [3.8, 4) is 28.2 Å². The first-order valence-electron chi connectivity index (χ1n) is 12.8. The van der Waals surface area contributed by atoms with Gasteiger partial charge >= 0.3 is 6.09 Å². The molecule has 0 atom stereocenters. The number of ether oxygens (including phenoxy) is 1. The molecule has 1 N–H and O–H groups in total. The summed E-state index contributed by atoms with van der Waals surface area (Å²) in [6.45, 7) is 7.13. The first-order valence-corrected chi connectivity index (χ1v) is 12.8. The SMILES string of the molecule is CC(C)(C)OC(=O)N1CCN(C(=O)c2ccc(-c3cc(O)c4c(=O)cc(-c5ccccc5)oc4c3)cc2)CC1. The molecule has 0 aliphatic carbocycles. The highest BCUT2D eigenvalue weighted by Gasteiger charge is 2.28. The average Bonchev–Trinajstić information content (AvgIpc) is 2.92. The highest BCUT2D eigenvalue weighted by molar-refractivity contribution is 5.95. The molecule has 2 heterocycles. The van der Waals surface area contributed by atoms with Crippen LogP contribution in [-0.4, -0.2) is 58.7 Å². The summed E-state index contributed by atoms with van der Waals surface area (Å²) < 4.78 is 11.4. The van der Waals surface area contributed by atoms with Crippen LogP contribution in [0.4, 0.5) is 4.79 Å². The van der Waals surface area contributed by atoms with Crippen molar-refractivity contribution in [2.75, 3.05) is 26.2 Å². The van der Waals surface area contributed by atoms with Crippen LogP contribution in [0, 0.1) is 0 Å². The zero-order chi connectivity index (χ0) is 27.7. The van der Waals surface area contributed by atoms with Gasteiger partial charge in [0.15, 0.2) is 5.43 Å². The van der Waals surface area contributed by atoms with Gasteiger partial charge in [0, 0.05) is 43.4 Å². The molecule has 1 aliphatic rings. The largest absolute Gasteiger partial charge is 0.507 e. The molecule has 8 heteroatoms. The Kier molecular flexibility index (Phi) is 6.87. The maximum absolute atomic E-state index is 13.1. The van der Waals surface area contributed by atoms with E-state index in [1.54, 1.807) is 40.1 Å². The lowest BCUT2D eigenvalue weighted by Gasteiger charge is -2.35. The van der Waals surface area contributed by atoms with Crippen LogP contribution in [-0.2, 0) is 4.74 Å². The molecule has 1 aliphatic heterocycles. The van der Waals surface area contributed by atoms with Gasteiger partial charge in [0.1, 0.15) is 28.1 Å². The third-order valence-electron chi connectivity index (χ3n) is 6.55. The maximum atomic E-state index is 13.1. The number of hydrogen-bond acceptors (Lipinski definition) is 6. The number of amides is 2. The van der Waals surface area contributed by atoms with Crippen LogP contribution in [0.3, 0.4) is 0 Å². The molecule has 0 spiro atoms. The number of rotatable bonds is 3. The number of nitrogens with zero attached hydrogens (tertiary/aromatic N) is 2. The molecule has 0 bridgehead atoms. The molecule has 39 heavy (non-hydrogen) atoms. The van der Waals surface area contributed by atoms with Crippen LogP contribution in [0.2, 0.25) is 0 Å². The number of carbonyl (C=O) groups is 2. The van der Waals surface area contributed by atoms with Gasteiger partial charge in [0.2, 0.25) is 0 Å². The number of phenols is 1. The molecule has 0 radical (unpaired) electrons. The Hall–Kier alpha value is -4.59. The third kappa shape index (κ3) is 5.65. The highest BCUT2D eigenvalue weighted by Crippen LogP contribution is 2.32. The lowest BCUT2D eigenvalue weighted by molar-refractivity contribution is 0.0141. The van der Waals surface area contributed by atoms with E-state index < -0.39 is 5.60 Å². The molecule has 8 nitrogen and oxygen atoms in total. The number of piperazine rings is 1. The summed E-state index contributed by atoms with van der Waals surface area (Å²) in [5.41, 5.74) is 2.07. The molecule has 0 unspecified atom stereocenters. The lowest BCUT2D eigenvalue weighted by atomic mass is 10.0. The summed E-state index contributed by atoms with van der Waals surface area (Å²) in [6.07, 6.45) is -0.371. The number of aromatic hydroxyl groups is 1. The molecule has 2 amide bonds. The minimum Gasteiger partial charge on any atom is -0.507 e. The van der Waals surface area contributed by atoms with Crippen molar-refractivity contribution in [3.05, 3.63) is 88.6 Å². The van der Waals surface area contributed by atoms with Gasteiger partial charge in [-0.25, -0.2) is 4.79 Å². The van der Waals surface area contributed by atoms with Gasteiger partial charge in [0.25, 0.3) is 5.91 Å². The molecule has 1 fully saturated rings. The number of benzene rings is 3. The van der Waals surface area contributed by atoms with Crippen molar-refractivity contribution in [3.63, 3.8) is 0 Å². The minimum absolute atomic E-state index is 0.120. The van der Waals surface area contributed by atoms with Crippen LogP contribution in [0.25, 0.3) is 33.4 Å². The molecule has 3 aromatic carbocycles. The Bertz CT molecular complexity index is 1580. The van der Waals surface area contributed by atoms with E-state index in [4.69, 9.17) is 9.15 Å². The quantitative estimate of drug-likeness (QED) is 0.377.